The highest BCUT2D eigenvalue weighted by molar-refractivity contribution is 5.98. The zero-order valence-corrected chi connectivity index (χ0v) is 16.8. The number of nitrogens with zero attached hydrogens (tertiary/aromatic N) is 1. The number of carboxylic acids is 1. The molecule has 3 rings (SSSR count). The van der Waals surface area contributed by atoms with Gasteiger partial charge in [0, 0.05) is 30.9 Å². The van der Waals surface area contributed by atoms with Crippen molar-refractivity contribution in [3.05, 3.63) is 90.3 Å². The largest absolute Gasteiger partial charge is 0.481 e. The molecule has 158 valence electrons. The second-order valence-corrected chi connectivity index (χ2v) is 6.98. The van der Waals surface area contributed by atoms with Crippen LogP contribution in [0.4, 0.5) is 0 Å². The van der Waals surface area contributed by atoms with Crippen LogP contribution in [-0.2, 0) is 16.1 Å². The molecule has 7 nitrogen and oxygen atoms in total. The average molecular weight is 417 g/mol. The fourth-order valence-electron chi connectivity index (χ4n) is 3.04. The van der Waals surface area contributed by atoms with Crippen LogP contribution in [0.25, 0.3) is 11.1 Å². The van der Waals surface area contributed by atoms with E-state index in [9.17, 15) is 14.4 Å². The van der Waals surface area contributed by atoms with Gasteiger partial charge in [0.2, 0.25) is 5.91 Å². The van der Waals surface area contributed by atoms with Crippen molar-refractivity contribution >= 4 is 17.8 Å². The van der Waals surface area contributed by atoms with Gasteiger partial charge in [-0.2, -0.15) is 0 Å². The molecule has 1 aromatic heterocycles. The molecule has 1 heterocycles. The molecule has 0 unspecified atom stereocenters. The van der Waals surface area contributed by atoms with E-state index in [1.54, 1.807) is 36.7 Å². The van der Waals surface area contributed by atoms with Crippen molar-refractivity contribution in [1.82, 2.24) is 15.6 Å². The number of nitrogens with one attached hydrogen (secondary N) is 2. The van der Waals surface area contributed by atoms with Crippen LogP contribution in [0.2, 0.25) is 0 Å². The molecule has 31 heavy (non-hydrogen) atoms. The molecule has 0 spiro atoms. The van der Waals surface area contributed by atoms with Crippen LogP contribution < -0.4 is 10.6 Å². The number of amides is 2. The summed E-state index contributed by atoms with van der Waals surface area (Å²) in [6, 6.07) is 19.4. The van der Waals surface area contributed by atoms with E-state index in [4.69, 9.17) is 5.11 Å². The topological polar surface area (TPSA) is 108 Å². The molecule has 0 aliphatic carbocycles. The Labute approximate surface area is 180 Å². The summed E-state index contributed by atoms with van der Waals surface area (Å²) < 4.78 is 0. The lowest BCUT2D eigenvalue weighted by Crippen LogP contribution is -2.46. The Kier molecular flexibility index (Phi) is 7.48. The number of carbonyl (C=O) groups is 3. The van der Waals surface area contributed by atoms with Gasteiger partial charge in [-0.05, 0) is 47.4 Å². The molecule has 0 saturated carbocycles. The first-order valence-electron chi connectivity index (χ1n) is 9.87. The lowest BCUT2D eigenvalue weighted by molar-refractivity contribution is -0.137. The molecular weight excluding hydrogens is 394 g/mol. The monoisotopic (exact) mass is 417 g/mol. The van der Waals surface area contributed by atoms with Crippen molar-refractivity contribution in [2.75, 3.05) is 0 Å². The Balaban J connectivity index is 1.65. The number of pyridine rings is 1. The first-order valence-corrected chi connectivity index (χ1v) is 9.87. The Hall–Kier alpha value is -4.00. The van der Waals surface area contributed by atoms with Crippen molar-refractivity contribution in [3.63, 3.8) is 0 Å². The summed E-state index contributed by atoms with van der Waals surface area (Å²) in [7, 11) is 0. The molecule has 0 bridgehead atoms. The summed E-state index contributed by atoms with van der Waals surface area (Å²) >= 11 is 0. The van der Waals surface area contributed by atoms with Crippen LogP contribution in [0.15, 0.2) is 79.1 Å². The van der Waals surface area contributed by atoms with Crippen molar-refractivity contribution in [2.45, 2.75) is 25.4 Å². The van der Waals surface area contributed by atoms with Gasteiger partial charge in [0.05, 0.1) is 0 Å². The number of carboxylic acid groups (broad SMARTS) is 1. The molecule has 1 atom stereocenters. The fourth-order valence-corrected chi connectivity index (χ4v) is 3.04. The van der Waals surface area contributed by atoms with E-state index in [1.807, 2.05) is 42.5 Å². The zero-order valence-electron chi connectivity index (χ0n) is 16.8. The quantitative estimate of drug-likeness (QED) is 0.496. The minimum atomic E-state index is -1.03. The van der Waals surface area contributed by atoms with Gasteiger partial charge in [0.15, 0.2) is 0 Å². The third kappa shape index (κ3) is 6.50. The van der Waals surface area contributed by atoms with E-state index in [0.717, 1.165) is 16.7 Å². The molecule has 0 fully saturated rings. The third-order valence-electron chi connectivity index (χ3n) is 4.74. The Morgan fingerprint density at radius 2 is 1.52 bits per heavy atom. The number of rotatable bonds is 9. The van der Waals surface area contributed by atoms with E-state index < -0.39 is 23.8 Å². The van der Waals surface area contributed by atoms with E-state index in [0.29, 0.717) is 5.56 Å². The number of aliphatic carboxylic acids is 1. The molecule has 0 aliphatic heterocycles. The van der Waals surface area contributed by atoms with Gasteiger partial charge in [-0.3, -0.25) is 19.4 Å². The first kappa shape index (κ1) is 21.7. The van der Waals surface area contributed by atoms with E-state index in [1.165, 1.54) is 0 Å². The highest BCUT2D eigenvalue weighted by atomic mass is 16.4. The zero-order chi connectivity index (χ0) is 22.1. The number of aromatic nitrogens is 1. The summed E-state index contributed by atoms with van der Waals surface area (Å²) in [6.45, 7) is 0.257. The number of carbonyl (C=O) groups excluding carboxylic acids is 2. The van der Waals surface area contributed by atoms with Crippen LogP contribution in [0.1, 0.15) is 28.8 Å². The van der Waals surface area contributed by atoms with Gasteiger partial charge < -0.3 is 15.7 Å². The molecule has 2 amide bonds. The average Bonchev–Trinajstić information content (AvgIpc) is 2.81. The predicted molar refractivity (Wildman–Crippen MR) is 116 cm³/mol. The maximum Gasteiger partial charge on any atom is 0.303 e. The van der Waals surface area contributed by atoms with E-state index in [-0.39, 0.29) is 19.4 Å². The van der Waals surface area contributed by atoms with Gasteiger partial charge in [-0.25, -0.2) is 0 Å². The molecule has 3 N–H and O–H groups in total. The summed E-state index contributed by atoms with van der Waals surface area (Å²) in [5.74, 6) is -1.91. The molecule has 2 aromatic carbocycles. The molecule has 0 radical (unpaired) electrons. The second kappa shape index (κ2) is 10.7. The number of benzene rings is 2. The highest BCUT2D eigenvalue weighted by Gasteiger charge is 2.22. The van der Waals surface area contributed by atoms with Crippen LogP contribution in [0, 0.1) is 0 Å². The summed E-state index contributed by atoms with van der Waals surface area (Å²) in [5.41, 5.74) is 3.24. The SMILES string of the molecule is O=C(O)CC[C@H](NC(=O)c1ccc(-c2ccccc2)cc1)C(=O)NCc1ccncc1. The summed E-state index contributed by atoms with van der Waals surface area (Å²) in [6.07, 6.45) is 2.99. The molecule has 3 aromatic rings. The van der Waals surface area contributed by atoms with Crippen molar-refractivity contribution in [3.8, 4) is 11.1 Å². The Bertz CT molecular complexity index is 1020. The lowest BCUT2D eigenvalue weighted by Gasteiger charge is -2.18. The maximum atomic E-state index is 12.7. The standard InChI is InChI=1S/C24H23N3O4/c28-22(29)11-10-21(24(31)26-16-17-12-14-25-15-13-17)27-23(30)20-8-6-19(7-9-20)18-4-2-1-3-5-18/h1-9,12-15,21H,10-11,16H2,(H,26,31)(H,27,30)(H,28,29)/t21-/m0/s1. The van der Waals surface area contributed by atoms with Crippen LogP contribution >= 0.6 is 0 Å². The lowest BCUT2D eigenvalue weighted by atomic mass is 10.0. The minimum absolute atomic E-state index is 0.00858. The summed E-state index contributed by atoms with van der Waals surface area (Å²) in [5, 5.41) is 14.4. The van der Waals surface area contributed by atoms with Crippen LogP contribution in [-0.4, -0.2) is 33.9 Å². The van der Waals surface area contributed by atoms with Gasteiger partial charge in [0.25, 0.3) is 5.91 Å². The van der Waals surface area contributed by atoms with Gasteiger partial charge >= 0.3 is 5.97 Å². The van der Waals surface area contributed by atoms with Crippen molar-refractivity contribution in [2.24, 2.45) is 0 Å². The Morgan fingerprint density at radius 1 is 0.871 bits per heavy atom. The number of hydrogen-bond donors (Lipinski definition) is 3. The van der Waals surface area contributed by atoms with Crippen molar-refractivity contribution < 1.29 is 19.5 Å². The smallest absolute Gasteiger partial charge is 0.303 e. The van der Waals surface area contributed by atoms with Gasteiger partial charge in [0.1, 0.15) is 6.04 Å². The molecular formula is C24H23N3O4. The van der Waals surface area contributed by atoms with Crippen molar-refractivity contribution in [1.29, 1.82) is 0 Å². The van der Waals surface area contributed by atoms with E-state index in [2.05, 4.69) is 15.6 Å². The Morgan fingerprint density at radius 3 is 2.16 bits per heavy atom. The van der Waals surface area contributed by atoms with Crippen LogP contribution in [0.3, 0.4) is 0 Å². The number of hydrogen-bond acceptors (Lipinski definition) is 4. The molecule has 0 saturated heterocycles. The minimum Gasteiger partial charge on any atom is -0.481 e. The van der Waals surface area contributed by atoms with Gasteiger partial charge in [-0.15, -0.1) is 0 Å². The maximum absolute atomic E-state index is 12.7. The molecule has 7 heteroatoms. The van der Waals surface area contributed by atoms with E-state index >= 15 is 0 Å². The van der Waals surface area contributed by atoms with Crippen LogP contribution in [0.5, 0.6) is 0 Å². The second-order valence-electron chi connectivity index (χ2n) is 6.98. The van der Waals surface area contributed by atoms with Gasteiger partial charge in [-0.1, -0.05) is 42.5 Å². The highest BCUT2D eigenvalue weighted by Crippen LogP contribution is 2.19. The summed E-state index contributed by atoms with van der Waals surface area (Å²) in [4.78, 5) is 40.2. The fraction of sp³-hybridized carbons (Fsp3) is 0.167. The first-order chi connectivity index (χ1) is 15.0. The third-order valence-corrected chi connectivity index (χ3v) is 4.74. The normalized spacial score (nSPS) is 11.4. The predicted octanol–water partition coefficient (Wildman–Crippen LogP) is 3.03. The molecule has 0 aliphatic rings.